The number of amides is 1. The highest BCUT2D eigenvalue weighted by molar-refractivity contribution is 7.71. The number of aryl methyl sites for hydroxylation is 1. The molecule has 0 saturated heterocycles. The minimum Gasteiger partial charge on any atom is -0.335 e. The standard InChI is InChI=1S/C27H32F3N5O2S/c1-4-23-25(37)31-26(38)35(32-23)18-24(36)34(16-15-33(5-2)6-3)17-19-7-9-20(10-8-19)21-11-13-22(14-12-21)27(28,29)30/h7-14H,4-6,15-18H2,1-3H3,(H,31,37,38). The molecule has 0 aliphatic carbocycles. The second-order valence-corrected chi connectivity index (χ2v) is 9.22. The Morgan fingerprint density at radius 2 is 1.55 bits per heavy atom. The SMILES string of the molecule is CCc1nn(CC(=O)N(CCN(CC)CC)Cc2ccc(-c3ccc(C(F)(F)F)cc3)cc2)c(=S)[nH]c1=O. The number of H-pyrrole nitrogens is 1. The average Bonchev–Trinajstić information content (AvgIpc) is 2.90. The second kappa shape index (κ2) is 13.0. The third kappa shape index (κ3) is 7.61. The molecule has 0 radical (unpaired) electrons. The van der Waals surface area contributed by atoms with E-state index in [4.69, 9.17) is 12.2 Å². The molecule has 0 atom stereocenters. The van der Waals surface area contributed by atoms with Gasteiger partial charge in [-0.25, -0.2) is 4.68 Å². The third-order valence-electron chi connectivity index (χ3n) is 6.38. The minimum atomic E-state index is -4.38. The Labute approximate surface area is 224 Å². The Morgan fingerprint density at radius 3 is 2.08 bits per heavy atom. The molecule has 0 spiro atoms. The number of benzene rings is 2. The number of aromatic amines is 1. The molecule has 7 nitrogen and oxygen atoms in total. The summed E-state index contributed by atoms with van der Waals surface area (Å²) in [4.78, 5) is 31.8. The van der Waals surface area contributed by atoms with Crippen molar-refractivity contribution in [3.63, 3.8) is 0 Å². The van der Waals surface area contributed by atoms with E-state index in [-0.39, 0.29) is 22.8 Å². The first kappa shape index (κ1) is 29.2. The maximum Gasteiger partial charge on any atom is 0.416 e. The number of likely N-dealkylation sites (N-methyl/N-ethyl adjacent to an activating group) is 1. The molecule has 38 heavy (non-hydrogen) atoms. The molecule has 1 heterocycles. The summed E-state index contributed by atoms with van der Waals surface area (Å²) in [5.74, 6) is -0.193. The molecule has 0 saturated carbocycles. The molecule has 0 bridgehead atoms. The van der Waals surface area contributed by atoms with Gasteiger partial charge in [-0.1, -0.05) is 57.2 Å². The highest BCUT2D eigenvalue weighted by Gasteiger charge is 2.30. The highest BCUT2D eigenvalue weighted by Crippen LogP contribution is 2.31. The van der Waals surface area contributed by atoms with Gasteiger partial charge in [-0.05, 0) is 60.6 Å². The van der Waals surface area contributed by atoms with E-state index in [0.29, 0.717) is 37.3 Å². The molecule has 1 aromatic heterocycles. The van der Waals surface area contributed by atoms with Crippen LogP contribution in [0.4, 0.5) is 13.2 Å². The Balaban J connectivity index is 1.79. The fraction of sp³-hybridized carbons (Fsp3) is 0.407. The lowest BCUT2D eigenvalue weighted by molar-refractivity contribution is -0.137. The summed E-state index contributed by atoms with van der Waals surface area (Å²) in [6.07, 6.45) is -3.97. The van der Waals surface area contributed by atoms with Crippen molar-refractivity contribution in [3.05, 3.63) is 80.5 Å². The lowest BCUT2D eigenvalue weighted by Gasteiger charge is -2.27. The maximum absolute atomic E-state index is 13.4. The Hall–Kier alpha value is -3.31. The number of alkyl halides is 3. The van der Waals surface area contributed by atoms with Crippen LogP contribution in [0, 0.1) is 4.77 Å². The van der Waals surface area contributed by atoms with Gasteiger partial charge in [0.25, 0.3) is 5.56 Å². The van der Waals surface area contributed by atoms with Crippen molar-refractivity contribution in [1.82, 2.24) is 24.6 Å². The molecule has 204 valence electrons. The highest BCUT2D eigenvalue weighted by atomic mass is 32.1. The molecule has 0 aliphatic rings. The van der Waals surface area contributed by atoms with Crippen molar-refractivity contribution >= 4 is 18.1 Å². The van der Waals surface area contributed by atoms with E-state index >= 15 is 0 Å². The summed E-state index contributed by atoms with van der Waals surface area (Å²) in [7, 11) is 0. The Kier molecular flexibility index (Phi) is 9.98. The zero-order chi connectivity index (χ0) is 27.9. The summed E-state index contributed by atoms with van der Waals surface area (Å²) in [6, 6.07) is 12.4. The number of nitrogens with one attached hydrogen (secondary N) is 1. The third-order valence-corrected chi connectivity index (χ3v) is 6.70. The van der Waals surface area contributed by atoms with Crippen LogP contribution >= 0.6 is 12.2 Å². The molecule has 1 N–H and O–H groups in total. The summed E-state index contributed by atoms with van der Waals surface area (Å²) in [6.45, 7) is 9.04. The lowest BCUT2D eigenvalue weighted by atomic mass is 10.0. The van der Waals surface area contributed by atoms with Gasteiger partial charge in [0.2, 0.25) is 5.91 Å². The number of carbonyl (C=O) groups is 1. The van der Waals surface area contributed by atoms with Crippen LogP contribution in [0.25, 0.3) is 11.1 Å². The number of hydrogen-bond donors (Lipinski definition) is 1. The molecule has 0 aliphatic heterocycles. The van der Waals surface area contributed by atoms with Gasteiger partial charge in [0, 0.05) is 19.6 Å². The van der Waals surface area contributed by atoms with Crippen LogP contribution in [-0.4, -0.2) is 56.7 Å². The molecule has 0 fully saturated rings. The van der Waals surface area contributed by atoms with Gasteiger partial charge in [-0.3, -0.25) is 14.6 Å². The fourth-order valence-corrected chi connectivity index (χ4v) is 4.20. The average molecular weight is 548 g/mol. The van der Waals surface area contributed by atoms with E-state index in [1.54, 1.807) is 11.8 Å². The smallest absolute Gasteiger partial charge is 0.335 e. The van der Waals surface area contributed by atoms with Gasteiger partial charge in [-0.2, -0.15) is 18.3 Å². The van der Waals surface area contributed by atoms with Crippen LogP contribution in [0.3, 0.4) is 0 Å². The Bertz CT molecular complexity index is 1330. The number of hydrogen-bond acceptors (Lipinski definition) is 5. The number of halogens is 3. The first-order chi connectivity index (χ1) is 18.0. The van der Waals surface area contributed by atoms with Crippen molar-refractivity contribution in [1.29, 1.82) is 0 Å². The van der Waals surface area contributed by atoms with Crippen LogP contribution in [0.1, 0.15) is 37.6 Å². The van der Waals surface area contributed by atoms with E-state index < -0.39 is 11.7 Å². The molecule has 1 amide bonds. The van der Waals surface area contributed by atoms with E-state index in [2.05, 4.69) is 28.8 Å². The molecule has 11 heteroatoms. The number of nitrogens with zero attached hydrogens (tertiary/aromatic N) is 4. The first-order valence-electron chi connectivity index (χ1n) is 12.5. The van der Waals surface area contributed by atoms with Gasteiger partial charge in [0.1, 0.15) is 12.2 Å². The predicted molar refractivity (Wildman–Crippen MR) is 143 cm³/mol. The van der Waals surface area contributed by atoms with Crippen molar-refractivity contribution in [2.45, 2.75) is 46.5 Å². The normalized spacial score (nSPS) is 11.7. The van der Waals surface area contributed by atoms with Gasteiger partial charge >= 0.3 is 6.18 Å². The van der Waals surface area contributed by atoms with Crippen molar-refractivity contribution in [3.8, 4) is 11.1 Å². The van der Waals surface area contributed by atoms with Crippen molar-refractivity contribution in [2.75, 3.05) is 26.2 Å². The summed E-state index contributed by atoms with van der Waals surface area (Å²) in [5.41, 5.74) is 1.58. The molecule has 0 unspecified atom stereocenters. The minimum absolute atomic E-state index is 0.0881. The van der Waals surface area contributed by atoms with Crippen molar-refractivity contribution in [2.24, 2.45) is 0 Å². The summed E-state index contributed by atoms with van der Waals surface area (Å²) >= 11 is 5.22. The van der Waals surface area contributed by atoms with E-state index in [1.165, 1.54) is 16.8 Å². The predicted octanol–water partition coefficient (Wildman–Crippen LogP) is 4.92. The van der Waals surface area contributed by atoms with Gasteiger partial charge in [0.05, 0.1) is 5.56 Å². The lowest BCUT2D eigenvalue weighted by Crippen LogP contribution is -2.40. The topological polar surface area (TPSA) is 74.2 Å². The largest absolute Gasteiger partial charge is 0.416 e. The summed E-state index contributed by atoms with van der Waals surface area (Å²) in [5, 5.41) is 4.25. The second-order valence-electron chi connectivity index (χ2n) is 8.83. The monoisotopic (exact) mass is 547 g/mol. The van der Waals surface area contributed by atoms with Crippen molar-refractivity contribution < 1.29 is 18.0 Å². The molecular weight excluding hydrogens is 515 g/mol. The van der Waals surface area contributed by atoms with Gasteiger partial charge in [-0.15, -0.1) is 0 Å². The van der Waals surface area contributed by atoms with Crippen LogP contribution in [0.2, 0.25) is 0 Å². The maximum atomic E-state index is 13.4. The zero-order valence-corrected chi connectivity index (χ0v) is 22.5. The fourth-order valence-electron chi connectivity index (χ4n) is 4.01. The van der Waals surface area contributed by atoms with E-state index in [0.717, 1.165) is 36.3 Å². The van der Waals surface area contributed by atoms with Crippen LogP contribution < -0.4 is 5.56 Å². The molecule has 3 rings (SSSR count). The zero-order valence-electron chi connectivity index (χ0n) is 21.7. The number of aromatic nitrogens is 3. The van der Waals surface area contributed by atoms with Crippen LogP contribution in [0.15, 0.2) is 53.3 Å². The number of rotatable bonds is 11. The Morgan fingerprint density at radius 1 is 0.974 bits per heavy atom. The van der Waals surface area contributed by atoms with E-state index in [9.17, 15) is 22.8 Å². The van der Waals surface area contributed by atoms with Crippen LogP contribution in [-0.2, 0) is 30.5 Å². The van der Waals surface area contributed by atoms with Gasteiger partial charge in [0.15, 0.2) is 4.77 Å². The van der Waals surface area contributed by atoms with E-state index in [1.807, 2.05) is 24.3 Å². The number of carbonyl (C=O) groups excluding carboxylic acids is 1. The quantitative estimate of drug-likeness (QED) is 0.345. The molecule has 3 aromatic rings. The van der Waals surface area contributed by atoms with Crippen LogP contribution in [0.5, 0.6) is 0 Å². The molecular formula is C27H32F3N5O2S. The first-order valence-corrected chi connectivity index (χ1v) is 12.9. The van der Waals surface area contributed by atoms with Gasteiger partial charge < -0.3 is 9.80 Å². The molecule has 2 aromatic carbocycles. The summed E-state index contributed by atoms with van der Waals surface area (Å²) < 4.78 is 40.1.